The number of nitrogens with one attached hydrogen (secondary N) is 1. The fourth-order valence-electron chi connectivity index (χ4n) is 1.84. The van der Waals surface area contributed by atoms with E-state index in [9.17, 15) is 0 Å². The SMILES string of the molecule is CNC(c1ccsc1)c1cc2sccc2s1. The van der Waals surface area contributed by atoms with Gasteiger partial charge in [-0.2, -0.15) is 11.3 Å². The molecule has 0 saturated heterocycles. The second kappa shape index (κ2) is 4.30. The van der Waals surface area contributed by atoms with Crippen LogP contribution in [0.5, 0.6) is 0 Å². The summed E-state index contributed by atoms with van der Waals surface area (Å²) in [6.07, 6.45) is 0. The van der Waals surface area contributed by atoms with E-state index >= 15 is 0 Å². The predicted molar refractivity (Wildman–Crippen MR) is 74.9 cm³/mol. The number of rotatable bonds is 3. The Morgan fingerprint density at radius 1 is 1.19 bits per heavy atom. The second-order valence-corrected chi connectivity index (χ2v) is 6.42. The number of hydrogen-bond acceptors (Lipinski definition) is 4. The first kappa shape index (κ1) is 10.5. The monoisotopic (exact) mass is 265 g/mol. The van der Waals surface area contributed by atoms with Gasteiger partial charge in [0.1, 0.15) is 0 Å². The Morgan fingerprint density at radius 3 is 2.81 bits per heavy atom. The lowest BCUT2D eigenvalue weighted by atomic mass is 10.1. The Morgan fingerprint density at radius 2 is 2.12 bits per heavy atom. The van der Waals surface area contributed by atoms with Crippen LogP contribution < -0.4 is 5.32 Å². The van der Waals surface area contributed by atoms with E-state index in [1.54, 1.807) is 11.3 Å². The summed E-state index contributed by atoms with van der Waals surface area (Å²) >= 11 is 5.46. The first-order valence-electron chi connectivity index (χ1n) is 5.05. The molecule has 3 aromatic heterocycles. The standard InChI is InChI=1S/C12H11NS3/c1-13-12(8-2-4-14-7-8)11-6-10-9(16-11)3-5-15-10/h2-7,12-13H,1H3. The molecule has 0 fully saturated rings. The van der Waals surface area contributed by atoms with E-state index in [-0.39, 0.29) is 0 Å². The van der Waals surface area contributed by atoms with Crippen molar-refractivity contribution in [2.24, 2.45) is 0 Å². The highest BCUT2D eigenvalue weighted by Crippen LogP contribution is 2.36. The van der Waals surface area contributed by atoms with Gasteiger partial charge in [0, 0.05) is 14.3 Å². The molecule has 0 aliphatic carbocycles. The number of fused-ring (bicyclic) bond motifs is 1. The van der Waals surface area contributed by atoms with Crippen molar-refractivity contribution in [3.63, 3.8) is 0 Å². The second-order valence-electron chi connectivity index (χ2n) is 3.58. The summed E-state index contributed by atoms with van der Waals surface area (Å²) in [6, 6.07) is 7.05. The van der Waals surface area contributed by atoms with E-state index in [4.69, 9.17) is 0 Å². The van der Waals surface area contributed by atoms with Crippen molar-refractivity contribution in [2.75, 3.05) is 7.05 Å². The normalized spacial score (nSPS) is 13.3. The molecule has 1 nitrogen and oxygen atoms in total. The van der Waals surface area contributed by atoms with E-state index in [1.807, 2.05) is 29.7 Å². The molecule has 1 N–H and O–H groups in total. The third kappa shape index (κ3) is 1.72. The Labute approximate surface area is 106 Å². The highest BCUT2D eigenvalue weighted by atomic mass is 32.1. The Bertz CT molecular complexity index is 548. The van der Waals surface area contributed by atoms with E-state index in [0.717, 1.165) is 0 Å². The molecule has 3 rings (SSSR count). The first-order valence-corrected chi connectivity index (χ1v) is 7.68. The van der Waals surface area contributed by atoms with E-state index in [0.29, 0.717) is 6.04 Å². The van der Waals surface area contributed by atoms with Crippen LogP contribution in [0.25, 0.3) is 9.40 Å². The number of thiophene rings is 3. The zero-order chi connectivity index (χ0) is 11.0. The summed E-state index contributed by atoms with van der Waals surface area (Å²) in [6.45, 7) is 0. The summed E-state index contributed by atoms with van der Waals surface area (Å²) < 4.78 is 2.80. The minimum atomic E-state index is 0.343. The average molecular weight is 265 g/mol. The summed E-state index contributed by atoms with van der Waals surface area (Å²) in [5.74, 6) is 0. The van der Waals surface area contributed by atoms with Crippen molar-refractivity contribution in [1.29, 1.82) is 0 Å². The highest BCUT2D eigenvalue weighted by Gasteiger charge is 2.15. The molecule has 82 valence electrons. The average Bonchev–Trinajstić information content (AvgIpc) is 2.91. The van der Waals surface area contributed by atoms with E-state index in [2.05, 4.69) is 39.7 Å². The van der Waals surface area contributed by atoms with Crippen molar-refractivity contribution in [2.45, 2.75) is 6.04 Å². The van der Waals surface area contributed by atoms with Crippen LogP contribution in [0.3, 0.4) is 0 Å². The summed E-state index contributed by atoms with van der Waals surface area (Å²) in [4.78, 5) is 1.41. The van der Waals surface area contributed by atoms with Crippen molar-refractivity contribution >= 4 is 43.4 Å². The van der Waals surface area contributed by atoms with Gasteiger partial charge in [-0.3, -0.25) is 0 Å². The summed E-state index contributed by atoms with van der Waals surface area (Å²) in [5, 5.41) is 9.90. The molecule has 0 spiro atoms. The van der Waals surface area contributed by atoms with Crippen molar-refractivity contribution in [3.05, 3.63) is 44.8 Å². The first-order chi connectivity index (χ1) is 7.88. The minimum absolute atomic E-state index is 0.343. The maximum atomic E-state index is 3.39. The zero-order valence-electron chi connectivity index (χ0n) is 8.77. The van der Waals surface area contributed by atoms with Crippen LogP contribution in [0.2, 0.25) is 0 Å². The Balaban J connectivity index is 2.04. The molecular weight excluding hydrogens is 254 g/mol. The molecule has 4 heteroatoms. The molecule has 0 radical (unpaired) electrons. The van der Waals surface area contributed by atoms with Crippen LogP contribution in [0.15, 0.2) is 34.3 Å². The van der Waals surface area contributed by atoms with Crippen LogP contribution in [-0.4, -0.2) is 7.05 Å². The van der Waals surface area contributed by atoms with Gasteiger partial charge in [-0.1, -0.05) is 0 Å². The molecule has 16 heavy (non-hydrogen) atoms. The fraction of sp³-hybridized carbons (Fsp3) is 0.167. The molecule has 1 unspecified atom stereocenters. The van der Waals surface area contributed by atoms with Crippen LogP contribution in [0.1, 0.15) is 16.5 Å². The largest absolute Gasteiger partial charge is 0.309 e. The van der Waals surface area contributed by atoms with Crippen LogP contribution in [0, 0.1) is 0 Å². The van der Waals surface area contributed by atoms with Crippen molar-refractivity contribution in [1.82, 2.24) is 5.32 Å². The van der Waals surface area contributed by atoms with Gasteiger partial charge in [0.25, 0.3) is 0 Å². The third-order valence-corrected chi connectivity index (χ3v) is 5.47. The van der Waals surface area contributed by atoms with Crippen molar-refractivity contribution in [3.8, 4) is 0 Å². The molecule has 1 atom stereocenters. The summed E-state index contributed by atoms with van der Waals surface area (Å²) in [5.41, 5.74) is 1.36. The smallest absolute Gasteiger partial charge is 0.0677 e. The van der Waals surface area contributed by atoms with Crippen molar-refractivity contribution < 1.29 is 0 Å². The lowest BCUT2D eigenvalue weighted by Crippen LogP contribution is -2.15. The highest BCUT2D eigenvalue weighted by molar-refractivity contribution is 7.27. The van der Waals surface area contributed by atoms with Gasteiger partial charge in [-0.15, -0.1) is 22.7 Å². The Hall–Kier alpha value is -0.680. The van der Waals surface area contributed by atoms with Gasteiger partial charge in [0.05, 0.1) is 6.04 Å². The molecule has 0 aromatic carbocycles. The minimum Gasteiger partial charge on any atom is -0.309 e. The fourth-order valence-corrected chi connectivity index (χ4v) is 4.78. The van der Waals surface area contributed by atoms with Gasteiger partial charge < -0.3 is 5.32 Å². The molecule has 0 saturated carbocycles. The summed E-state index contributed by atoms with van der Waals surface area (Å²) in [7, 11) is 2.02. The molecule has 0 bridgehead atoms. The molecular formula is C12H11NS3. The molecule has 0 amide bonds. The van der Waals surface area contributed by atoms with Gasteiger partial charge in [0.2, 0.25) is 0 Å². The van der Waals surface area contributed by atoms with Gasteiger partial charge in [0.15, 0.2) is 0 Å². The van der Waals surface area contributed by atoms with Gasteiger partial charge >= 0.3 is 0 Å². The van der Waals surface area contributed by atoms with Gasteiger partial charge in [-0.25, -0.2) is 0 Å². The molecule has 0 aliphatic rings. The number of hydrogen-bond donors (Lipinski definition) is 1. The molecule has 0 aliphatic heterocycles. The zero-order valence-corrected chi connectivity index (χ0v) is 11.2. The quantitative estimate of drug-likeness (QED) is 0.743. The third-order valence-electron chi connectivity index (χ3n) is 2.61. The maximum absolute atomic E-state index is 3.39. The Kier molecular flexibility index (Phi) is 2.81. The van der Waals surface area contributed by atoms with E-state index < -0.39 is 0 Å². The van der Waals surface area contributed by atoms with Crippen LogP contribution in [-0.2, 0) is 0 Å². The lowest BCUT2D eigenvalue weighted by molar-refractivity contribution is 0.707. The van der Waals surface area contributed by atoms with Crippen LogP contribution >= 0.6 is 34.0 Å². The molecule has 3 heterocycles. The van der Waals surface area contributed by atoms with Crippen LogP contribution in [0.4, 0.5) is 0 Å². The predicted octanol–water partition coefficient (Wildman–Crippen LogP) is 4.33. The lowest BCUT2D eigenvalue weighted by Gasteiger charge is -2.12. The molecule has 3 aromatic rings. The maximum Gasteiger partial charge on any atom is 0.0677 e. The van der Waals surface area contributed by atoms with Gasteiger partial charge in [-0.05, 0) is 47.0 Å². The topological polar surface area (TPSA) is 12.0 Å². The van der Waals surface area contributed by atoms with E-state index in [1.165, 1.54) is 19.8 Å².